The average Bonchev–Trinajstić information content (AvgIpc) is 2.46. The summed E-state index contributed by atoms with van der Waals surface area (Å²) in [5.41, 5.74) is 0. The Bertz CT molecular complexity index is 116. The standard InChI is InChI=1S/C10H21NO/c1-3-4-6-11-8-10-5-7-12-9(10)2/h9-11H,3-8H2,1-2H3. The minimum atomic E-state index is 0.471. The van der Waals surface area contributed by atoms with Gasteiger partial charge in [-0.3, -0.25) is 0 Å². The van der Waals surface area contributed by atoms with Gasteiger partial charge < -0.3 is 10.1 Å². The van der Waals surface area contributed by atoms with E-state index in [1.807, 2.05) is 0 Å². The van der Waals surface area contributed by atoms with Crippen LogP contribution in [0.25, 0.3) is 0 Å². The molecule has 0 spiro atoms. The summed E-state index contributed by atoms with van der Waals surface area (Å²) in [7, 11) is 0. The Hall–Kier alpha value is -0.0800. The largest absolute Gasteiger partial charge is 0.378 e. The molecule has 0 bridgehead atoms. The van der Waals surface area contributed by atoms with Crippen molar-refractivity contribution < 1.29 is 4.74 Å². The molecule has 0 aromatic rings. The van der Waals surface area contributed by atoms with Crippen LogP contribution in [0.5, 0.6) is 0 Å². The summed E-state index contributed by atoms with van der Waals surface area (Å²) in [6.45, 7) is 7.67. The van der Waals surface area contributed by atoms with Crippen LogP contribution in [0, 0.1) is 5.92 Å². The highest BCUT2D eigenvalue weighted by atomic mass is 16.5. The minimum absolute atomic E-state index is 0.471. The minimum Gasteiger partial charge on any atom is -0.378 e. The first kappa shape index (κ1) is 10.0. The highest BCUT2D eigenvalue weighted by molar-refractivity contribution is 4.74. The number of rotatable bonds is 5. The van der Waals surface area contributed by atoms with E-state index in [4.69, 9.17) is 4.74 Å². The fraction of sp³-hybridized carbons (Fsp3) is 1.00. The van der Waals surface area contributed by atoms with Crippen molar-refractivity contribution in [2.75, 3.05) is 19.7 Å². The van der Waals surface area contributed by atoms with Gasteiger partial charge in [0.1, 0.15) is 0 Å². The van der Waals surface area contributed by atoms with Crippen molar-refractivity contribution in [1.82, 2.24) is 5.32 Å². The van der Waals surface area contributed by atoms with Gasteiger partial charge in [-0.15, -0.1) is 0 Å². The summed E-state index contributed by atoms with van der Waals surface area (Å²) >= 11 is 0. The van der Waals surface area contributed by atoms with Crippen LogP contribution in [0.1, 0.15) is 33.1 Å². The summed E-state index contributed by atoms with van der Waals surface area (Å²) in [4.78, 5) is 0. The summed E-state index contributed by atoms with van der Waals surface area (Å²) in [6, 6.07) is 0. The zero-order chi connectivity index (χ0) is 8.81. The molecule has 1 aliphatic rings. The van der Waals surface area contributed by atoms with Crippen LogP contribution in [0.15, 0.2) is 0 Å². The molecule has 1 saturated heterocycles. The fourth-order valence-corrected chi connectivity index (χ4v) is 1.63. The zero-order valence-corrected chi connectivity index (χ0v) is 8.31. The molecule has 1 aliphatic heterocycles. The Kier molecular flexibility index (Phi) is 4.62. The lowest BCUT2D eigenvalue weighted by Gasteiger charge is -2.14. The van der Waals surface area contributed by atoms with E-state index in [1.165, 1.54) is 25.8 Å². The molecule has 0 amide bonds. The second-order valence-electron chi connectivity index (χ2n) is 3.68. The molecule has 1 heterocycles. The molecule has 1 fully saturated rings. The summed E-state index contributed by atoms with van der Waals surface area (Å²) < 4.78 is 5.48. The quantitative estimate of drug-likeness (QED) is 0.637. The molecule has 0 aromatic carbocycles. The van der Waals surface area contributed by atoms with E-state index >= 15 is 0 Å². The van der Waals surface area contributed by atoms with Gasteiger partial charge in [-0.1, -0.05) is 13.3 Å². The number of hydrogen-bond acceptors (Lipinski definition) is 2. The third-order valence-electron chi connectivity index (χ3n) is 2.65. The number of ether oxygens (including phenoxy) is 1. The number of unbranched alkanes of at least 4 members (excludes halogenated alkanes) is 1. The molecule has 0 aromatic heterocycles. The van der Waals surface area contributed by atoms with Gasteiger partial charge in [0, 0.05) is 13.2 Å². The first-order valence-corrected chi connectivity index (χ1v) is 5.17. The second kappa shape index (κ2) is 5.55. The van der Waals surface area contributed by atoms with E-state index in [2.05, 4.69) is 19.2 Å². The maximum Gasteiger partial charge on any atom is 0.0588 e. The maximum atomic E-state index is 5.48. The molecule has 1 rings (SSSR count). The third kappa shape index (κ3) is 3.11. The third-order valence-corrected chi connectivity index (χ3v) is 2.65. The van der Waals surface area contributed by atoms with Gasteiger partial charge >= 0.3 is 0 Å². The Labute approximate surface area is 75.7 Å². The summed E-state index contributed by atoms with van der Waals surface area (Å²) in [5, 5.41) is 3.48. The van der Waals surface area contributed by atoms with E-state index in [0.717, 1.165) is 19.1 Å². The monoisotopic (exact) mass is 171 g/mol. The van der Waals surface area contributed by atoms with E-state index in [1.54, 1.807) is 0 Å². The Morgan fingerprint density at radius 1 is 1.50 bits per heavy atom. The summed E-state index contributed by atoms with van der Waals surface area (Å²) in [5.74, 6) is 0.752. The van der Waals surface area contributed by atoms with Gasteiger partial charge in [-0.2, -0.15) is 0 Å². The highest BCUT2D eigenvalue weighted by Crippen LogP contribution is 2.18. The Morgan fingerprint density at radius 2 is 2.33 bits per heavy atom. The SMILES string of the molecule is CCCCNCC1CCOC1C. The molecule has 2 atom stereocenters. The van der Waals surface area contributed by atoms with Crippen LogP contribution in [-0.2, 0) is 4.74 Å². The van der Waals surface area contributed by atoms with E-state index in [0.29, 0.717) is 6.10 Å². The lowest BCUT2D eigenvalue weighted by atomic mass is 10.0. The average molecular weight is 171 g/mol. The number of hydrogen-bond donors (Lipinski definition) is 1. The fourth-order valence-electron chi connectivity index (χ4n) is 1.63. The number of nitrogens with one attached hydrogen (secondary N) is 1. The molecule has 72 valence electrons. The van der Waals surface area contributed by atoms with Gasteiger partial charge in [0.25, 0.3) is 0 Å². The van der Waals surface area contributed by atoms with Crippen molar-refractivity contribution in [3.05, 3.63) is 0 Å². The van der Waals surface area contributed by atoms with Gasteiger partial charge in [-0.05, 0) is 32.2 Å². The molecule has 1 N–H and O–H groups in total. The van der Waals surface area contributed by atoms with Crippen LogP contribution in [0.3, 0.4) is 0 Å². The first-order chi connectivity index (χ1) is 5.84. The molecule has 0 saturated carbocycles. The van der Waals surface area contributed by atoms with Gasteiger partial charge in [0.05, 0.1) is 6.10 Å². The predicted octanol–water partition coefficient (Wildman–Crippen LogP) is 1.80. The topological polar surface area (TPSA) is 21.3 Å². The van der Waals surface area contributed by atoms with Crippen LogP contribution in [-0.4, -0.2) is 25.8 Å². The van der Waals surface area contributed by atoms with Crippen molar-refractivity contribution in [3.8, 4) is 0 Å². The van der Waals surface area contributed by atoms with Crippen LogP contribution in [0.2, 0.25) is 0 Å². The molecule has 12 heavy (non-hydrogen) atoms. The van der Waals surface area contributed by atoms with Crippen molar-refractivity contribution >= 4 is 0 Å². The first-order valence-electron chi connectivity index (χ1n) is 5.17. The molecular formula is C10H21NO. The van der Waals surface area contributed by atoms with E-state index in [-0.39, 0.29) is 0 Å². The van der Waals surface area contributed by atoms with Gasteiger partial charge in [0.2, 0.25) is 0 Å². The van der Waals surface area contributed by atoms with Crippen molar-refractivity contribution in [2.24, 2.45) is 5.92 Å². The Balaban J connectivity index is 1.98. The van der Waals surface area contributed by atoms with Crippen LogP contribution in [0.4, 0.5) is 0 Å². The molecule has 2 unspecified atom stereocenters. The zero-order valence-electron chi connectivity index (χ0n) is 8.31. The van der Waals surface area contributed by atoms with E-state index < -0.39 is 0 Å². The second-order valence-corrected chi connectivity index (χ2v) is 3.68. The highest BCUT2D eigenvalue weighted by Gasteiger charge is 2.23. The van der Waals surface area contributed by atoms with Crippen molar-refractivity contribution in [2.45, 2.75) is 39.2 Å². The molecule has 2 nitrogen and oxygen atoms in total. The smallest absolute Gasteiger partial charge is 0.0588 e. The maximum absolute atomic E-state index is 5.48. The lowest BCUT2D eigenvalue weighted by Crippen LogP contribution is -2.27. The van der Waals surface area contributed by atoms with Crippen molar-refractivity contribution in [1.29, 1.82) is 0 Å². The van der Waals surface area contributed by atoms with Gasteiger partial charge in [0.15, 0.2) is 0 Å². The molecule has 2 heteroatoms. The normalized spacial score (nSPS) is 29.5. The Morgan fingerprint density at radius 3 is 2.92 bits per heavy atom. The summed E-state index contributed by atoms with van der Waals surface area (Å²) in [6.07, 6.45) is 4.28. The molecule has 0 aliphatic carbocycles. The van der Waals surface area contributed by atoms with Gasteiger partial charge in [-0.25, -0.2) is 0 Å². The lowest BCUT2D eigenvalue weighted by molar-refractivity contribution is 0.105. The van der Waals surface area contributed by atoms with Crippen molar-refractivity contribution in [3.63, 3.8) is 0 Å². The van der Waals surface area contributed by atoms with Crippen LogP contribution < -0.4 is 5.32 Å². The predicted molar refractivity (Wildman–Crippen MR) is 51.3 cm³/mol. The van der Waals surface area contributed by atoms with Crippen LogP contribution >= 0.6 is 0 Å². The van der Waals surface area contributed by atoms with E-state index in [9.17, 15) is 0 Å². The molecular weight excluding hydrogens is 150 g/mol. The molecule has 0 radical (unpaired) electrons.